The van der Waals surface area contributed by atoms with E-state index in [0.29, 0.717) is 11.0 Å². The summed E-state index contributed by atoms with van der Waals surface area (Å²) in [5.74, 6) is 0.620. The highest BCUT2D eigenvalue weighted by atomic mass is 79.9. The minimum absolute atomic E-state index is 0.204. The van der Waals surface area contributed by atoms with Gasteiger partial charge in [0.25, 0.3) is 0 Å². The number of likely N-dealkylation sites (tertiary alicyclic amines) is 1. The third kappa shape index (κ3) is 3.24. The lowest BCUT2D eigenvalue weighted by Crippen LogP contribution is -2.50. The molecule has 2 aliphatic heterocycles. The predicted molar refractivity (Wildman–Crippen MR) is 100 cm³/mol. The Bertz CT molecular complexity index is 695. The Morgan fingerprint density at radius 3 is 2.73 bits per heavy atom. The molecule has 0 radical (unpaired) electrons. The highest BCUT2D eigenvalue weighted by Crippen LogP contribution is 2.44. The van der Waals surface area contributed by atoms with E-state index in [1.807, 2.05) is 0 Å². The molecule has 1 N–H and O–H groups in total. The molecule has 1 spiro atoms. The van der Waals surface area contributed by atoms with Crippen molar-refractivity contribution in [3.05, 3.63) is 22.6 Å². The summed E-state index contributed by atoms with van der Waals surface area (Å²) in [6.45, 7) is 2.29. The van der Waals surface area contributed by atoms with Crippen molar-refractivity contribution in [1.82, 2.24) is 9.88 Å². The van der Waals surface area contributed by atoms with Crippen LogP contribution in [0.15, 0.2) is 16.7 Å². The molecule has 1 atom stereocenters. The van der Waals surface area contributed by atoms with Crippen molar-refractivity contribution in [3.63, 3.8) is 0 Å². The lowest BCUT2D eigenvalue weighted by atomic mass is 9.78. The lowest BCUT2D eigenvalue weighted by Gasteiger charge is -2.41. The zero-order chi connectivity index (χ0) is 18.3. The fourth-order valence-corrected chi connectivity index (χ4v) is 5.47. The van der Waals surface area contributed by atoms with E-state index in [1.54, 1.807) is 0 Å². The number of aliphatic hydroxyl groups excluding tert-OH is 1. The lowest BCUT2D eigenvalue weighted by molar-refractivity contribution is -0.139. The molecular formula is C19H25BrFN3O2. The van der Waals surface area contributed by atoms with E-state index >= 15 is 0 Å². The van der Waals surface area contributed by atoms with Crippen LogP contribution in [0, 0.1) is 11.2 Å². The van der Waals surface area contributed by atoms with Crippen molar-refractivity contribution in [1.29, 1.82) is 0 Å². The van der Waals surface area contributed by atoms with E-state index in [-0.39, 0.29) is 29.3 Å². The standard InChI is InChI=1S/C19H25BrFN3O2/c20-16-10-13(21)11-22-17(16)23-8-1-6-19(12-23)7-9-24(18(19)26)14-2-4-15(25)5-3-14/h10-11,14-15,25H,1-9,12H2/t14?,15?,19-/m0/s1. The molecule has 1 saturated carbocycles. The molecule has 1 aliphatic carbocycles. The van der Waals surface area contributed by atoms with Crippen molar-refractivity contribution in [2.45, 2.75) is 57.1 Å². The maximum atomic E-state index is 13.4. The van der Waals surface area contributed by atoms with Crippen LogP contribution in [0.3, 0.4) is 0 Å². The van der Waals surface area contributed by atoms with E-state index in [1.165, 1.54) is 12.3 Å². The summed E-state index contributed by atoms with van der Waals surface area (Å²) < 4.78 is 14.0. The van der Waals surface area contributed by atoms with E-state index < -0.39 is 0 Å². The number of amides is 1. The van der Waals surface area contributed by atoms with Crippen LogP contribution in [-0.4, -0.2) is 52.7 Å². The Morgan fingerprint density at radius 1 is 1.23 bits per heavy atom. The number of nitrogens with zero attached hydrogens (tertiary/aromatic N) is 3. The van der Waals surface area contributed by atoms with Gasteiger partial charge in [-0.05, 0) is 66.9 Å². The number of halogens is 2. The summed E-state index contributed by atoms with van der Waals surface area (Å²) >= 11 is 3.41. The topological polar surface area (TPSA) is 56.7 Å². The van der Waals surface area contributed by atoms with Crippen LogP contribution in [0.1, 0.15) is 44.9 Å². The molecule has 3 heterocycles. The molecule has 3 aliphatic rings. The summed E-state index contributed by atoms with van der Waals surface area (Å²) in [5.41, 5.74) is -0.343. The van der Waals surface area contributed by atoms with Gasteiger partial charge in [-0.25, -0.2) is 9.37 Å². The minimum atomic E-state index is -0.366. The molecule has 2 saturated heterocycles. The zero-order valence-electron chi connectivity index (χ0n) is 14.8. The number of carbonyl (C=O) groups excluding carboxylic acids is 1. The third-order valence-corrected chi connectivity index (χ3v) is 6.90. The molecule has 3 fully saturated rings. The molecule has 1 aromatic heterocycles. The fraction of sp³-hybridized carbons (Fsp3) is 0.684. The van der Waals surface area contributed by atoms with Crippen molar-refractivity contribution in [2.24, 2.45) is 5.41 Å². The number of rotatable bonds is 2. The maximum absolute atomic E-state index is 13.4. The number of aromatic nitrogens is 1. The van der Waals surface area contributed by atoms with Gasteiger partial charge in [-0.15, -0.1) is 0 Å². The van der Waals surface area contributed by atoms with Crippen molar-refractivity contribution >= 4 is 27.7 Å². The van der Waals surface area contributed by atoms with Crippen LogP contribution in [-0.2, 0) is 4.79 Å². The molecule has 1 aromatic rings. The maximum Gasteiger partial charge on any atom is 0.230 e. The van der Waals surface area contributed by atoms with Crippen LogP contribution < -0.4 is 4.90 Å². The number of anilines is 1. The molecule has 0 aromatic carbocycles. The average molecular weight is 426 g/mol. The van der Waals surface area contributed by atoms with Crippen LogP contribution >= 0.6 is 15.9 Å². The van der Waals surface area contributed by atoms with Crippen LogP contribution in [0.25, 0.3) is 0 Å². The quantitative estimate of drug-likeness (QED) is 0.790. The SMILES string of the molecule is O=C1N(C2CCC(O)CC2)CC[C@]12CCCN(c1ncc(F)cc1Br)C2. The summed E-state index contributed by atoms with van der Waals surface area (Å²) in [5, 5.41) is 9.74. The second-order valence-electron chi connectivity index (χ2n) is 7.98. The summed E-state index contributed by atoms with van der Waals surface area (Å²) in [7, 11) is 0. The van der Waals surface area contributed by atoms with Gasteiger partial charge >= 0.3 is 0 Å². The molecule has 4 rings (SSSR count). The molecule has 0 unspecified atom stereocenters. The van der Waals surface area contributed by atoms with Gasteiger partial charge in [0.15, 0.2) is 0 Å². The van der Waals surface area contributed by atoms with Gasteiger partial charge in [-0.1, -0.05) is 0 Å². The van der Waals surface area contributed by atoms with Crippen molar-refractivity contribution in [3.8, 4) is 0 Å². The number of piperidine rings is 1. The number of aliphatic hydroxyl groups is 1. The van der Waals surface area contributed by atoms with Crippen LogP contribution in [0.4, 0.5) is 10.2 Å². The Hall–Kier alpha value is -1.21. The molecule has 0 bridgehead atoms. The number of carbonyl (C=O) groups is 1. The number of hydrogen-bond acceptors (Lipinski definition) is 4. The Labute approximate surface area is 161 Å². The molecule has 7 heteroatoms. The van der Waals surface area contributed by atoms with Gasteiger partial charge in [-0.3, -0.25) is 4.79 Å². The Balaban J connectivity index is 1.50. The smallest absolute Gasteiger partial charge is 0.230 e. The van der Waals surface area contributed by atoms with Crippen LogP contribution in [0.2, 0.25) is 0 Å². The Morgan fingerprint density at radius 2 is 2.00 bits per heavy atom. The molecular weight excluding hydrogens is 401 g/mol. The van der Waals surface area contributed by atoms with E-state index in [2.05, 4.69) is 30.7 Å². The minimum Gasteiger partial charge on any atom is -0.393 e. The first-order chi connectivity index (χ1) is 12.5. The third-order valence-electron chi connectivity index (χ3n) is 6.32. The summed E-state index contributed by atoms with van der Waals surface area (Å²) in [6, 6.07) is 1.70. The molecule has 1 amide bonds. The summed E-state index contributed by atoms with van der Waals surface area (Å²) in [6.07, 6.45) is 7.14. The number of pyridine rings is 1. The second-order valence-corrected chi connectivity index (χ2v) is 8.83. The largest absolute Gasteiger partial charge is 0.393 e. The first kappa shape index (κ1) is 18.2. The normalized spacial score (nSPS) is 32.5. The molecule has 142 valence electrons. The average Bonchev–Trinajstić information content (AvgIpc) is 2.92. The highest BCUT2D eigenvalue weighted by Gasteiger charge is 2.50. The van der Waals surface area contributed by atoms with Gasteiger partial charge in [0.2, 0.25) is 5.91 Å². The molecule has 26 heavy (non-hydrogen) atoms. The van der Waals surface area contributed by atoms with Gasteiger partial charge in [0.1, 0.15) is 11.6 Å². The fourth-order valence-electron chi connectivity index (χ4n) is 4.90. The van der Waals surface area contributed by atoms with E-state index in [4.69, 9.17) is 0 Å². The highest BCUT2D eigenvalue weighted by molar-refractivity contribution is 9.10. The first-order valence-corrected chi connectivity index (χ1v) is 10.3. The van der Waals surface area contributed by atoms with Gasteiger partial charge in [0, 0.05) is 25.7 Å². The van der Waals surface area contributed by atoms with Crippen molar-refractivity contribution in [2.75, 3.05) is 24.5 Å². The first-order valence-electron chi connectivity index (χ1n) is 9.54. The van der Waals surface area contributed by atoms with Gasteiger partial charge < -0.3 is 14.9 Å². The predicted octanol–water partition coefficient (Wildman–Crippen LogP) is 3.11. The second kappa shape index (κ2) is 7.08. The Kier molecular flexibility index (Phi) is 4.94. The van der Waals surface area contributed by atoms with E-state index in [9.17, 15) is 14.3 Å². The van der Waals surface area contributed by atoms with Gasteiger partial charge in [-0.2, -0.15) is 0 Å². The number of hydrogen-bond donors (Lipinski definition) is 1. The summed E-state index contributed by atoms with van der Waals surface area (Å²) in [4.78, 5) is 21.8. The van der Waals surface area contributed by atoms with E-state index in [0.717, 1.165) is 63.9 Å². The molecule has 5 nitrogen and oxygen atoms in total. The van der Waals surface area contributed by atoms with Gasteiger partial charge in [0.05, 0.1) is 22.2 Å². The monoisotopic (exact) mass is 425 g/mol. The van der Waals surface area contributed by atoms with Crippen molar-refractivity contribution < 1.29 is 14.3 Å². The zero-order valence-corrected chi connectivity index (χ0v) is 16.4. The van der Waals surface area contributed by atoms with Crippen LogP contribution in [0.5, 0.6) is 0 Å².